The van der Waals surface area contributed by atoms with E-state index in [1.807, 2.05) is 49.5 Å². The molecule has 1 heterocycles. The molecule has 1 aromatic heterocycles. The third-order valence-electron chi connectivity index (χ3n) is 4.53. The Morgan fingerprint density at radius 1 is 1.13 bits per heavy atom. The molecule has 0 saturated carbocycles. The quantitative estimate of drug-likeness (QED) is 0.445. The summed E-state index contributed by atoms with van der Waals surface area (Å²) in [4.78, 5) is 23.8. The van der Waals surface area contributed by atoms with Crippen molar-refractivity contribution in [2.45, 2.75) is 26.8 Å². The minimum absolute atomic E-state index is 0.158. The van der Waals surface area contributed by atoms with Crippen molar-refractivity contribution in [3.05, 3.63) is 65.9 Å². The van der Waals surface area contributed by atoms with Crippen LogP contribution in [0.25, 0.3) is 10.9 Å². The van der Waals surface area contributed by atoms with E-state index in [9.17, 15) is 9.59 Å². The van der Waals surface area contributed by atoms with Gasteiger partial charge in [-0.15, -0.1) is 0 Å². The van der Waals surface area contributed by atoms with Gasteiger partial charge in [-0.1, -0.05) is 30.3 Å². The standard InChI is InChI=1S/C23H26N4O3/c1-16(2)27-14-18(20-9-4-5-10-21(20)27)12-25-26-22(28)13-24-23(29)15-30-19-8-6-7-17(3)11-19/h4-12,14,16H,13,15H2,1-3H3,(H,24,29)(H,26,28)/b25-12-. The topological polar surface area (TPSA) is 84.7 Å². The van der Waals surface area contributed by atoms with Gasteiger partial charge in [0.25, 0.3) is 11.8 Å². The Morgan fingerprint density at radius 2 is 1.93 bits per heavy atom. The van der Waals surface area contributed by atoms with Crippen molar-refractivity contribution in [2.24, 2.45) is 5.10 Å². The zero-order valence-corrected chi connectivity index (χ0v) is 17.4. The molecule has 0 aliphatic carbocycles. The number of aromatic nitrogens is 1. The van der Waals surface area contributed by atoms with Crippen molar-refractivity contribution in [2.75, 3.05) is 13.2 Å². The van der Waals surface area contributed by atoms with Crippen LogP contribution in [0.3, 0.4) is 0 Å². The second kappa shape index (κ2) is 9.73. The largest absolute Gasteiger partial charge is 0.484 e. The monoisotopic (exact) mass is 406 g/mol. The van der Waals surface area contributed by atoms with Gasteiger partial charge >= 0.3 is 0 Å². The predicted octanol–water partition coefficient (Wildman–Crippen LogP) is 3.18. The fourth-order valence-corrected chi connectivity index (χ4v) is 3.06. The van der Waals surface area contributed by atoms with Crippen LogP contribution in [0.5, 0.6) is 5.75 Å². The molecule has 30 heavy (non-hydrogen) atoms. The fourth-order valence-electron chi connectivity index (χ4n) is 3.06. The molecule has 0 spiro atoms. The Kier molecular flexibility index (Phi) is 6.85. The molecule has 0 saturated heterocycles. The van der Waals surface area contributed by atoms with Crippen molar-refractivity contribution in [1.29, 1.82) is 0 Å². The Bertz CT molecular complexity index is 1070. The molecule has 0 unspecified atom stereocenters. The van der Waals surface area contributed by atoms with Crippen LogP contribution >= 0.6 is 0 Å². The van der Waals surface area contributed by atoms with Gasteiger partial charge in [-0.2, -0.15) is 5.10 Å². The summed E-state index contributed by atoms with van der Waals surface area (Å²) in [5, 5.41) is 7.60. The maximum atomic E-state index is 11.9. The predicted molar refractivity (Wildman–Crippen MR) is 118 cm³/mol. The molecule has 7 nitrogen and oxygen atoms in total. The number of hydrogen-bond acceptors (Lipinski definition) is 4. The maximum absolute atomic E-state index is 11.9. The first-order chi connectivity index (χ1) is 14.4. The van der Waals surface area contributed by atoms with E-state index in [4.69, 9.17) is 4.74 Å². The van der Waals surface area contributed by atoms with E-state index in [0.29, 0.717) is 11.8 Å². The molecule has 0 bridgehead atoms. The van der Waals surface area contributed by atoms with Gasteiger partial charge in [0.15, 0.2) is 6.61 Å². The van der Waals surface area contributed by atoms with Gasteiger partial charge in [0.05, 0.1) is 12.8 Å². The number of fused-ring (bicyclic) bond motifs is 1. The smallest absolute Gasteiger partial charge is 0.259 e. The van der Waals surface area contributed by atoms with Crippen molar-refractivity contribution in [1.82, 2.24) is 15.3 Å². The van der Waals surface area contributed by atoms with Crippen molar-refractivity contribution < 1.29 is 14.3 Å². The number of carbonyl (C=O) groups excluding carboxylic acids is 2. The zero-order chi connectivity index (χ0) is 21.5. The summed E-state index contributed by atoms with van der Waals surface area (Å²) in [5.41, 5.74) is 5.50. The molecule has 2 aromatic carbocycles. The number of benzene rings is 2. The van der Waals surface area contributed by atoms with Gasteiger partial charge in [-0.3, -0.25) is 9.59 Å². The van der Waals surface area contributed by atoms with Crippen molar-refractivity contribution in [3.63, 3.8) is 0 Å². The Morgan fingerprint density at radius 3 is 2.70 bits per heavy atom. The molecule has 0 atom stereocenters. The highest BCUT2D eigenvalue weighted by Gasteiger charge is 2.09. The van der Waals surface area contributed by atoms with Gasteiger partial charge in [-0.25, -0.2) is 5.43 Å². The number of nitrogens with zero attached hydrogens (tertiary/aromatic N) is 2. The molecule has 3 rings (SSSR count). The van der Waals surface area contributed by atoms with Crippen LogP contribution in [0, 0.1) is 6.92 Å². The zero-order valence-electron chi connectivity index (χ0n) is 17.4. The lowest BCUT2D eigenvalue weighted by atomic mass is 10.2. The first-order valence-electron chi connectivity index (χ1n) is 9.81. The van der Waals surface area contributed by atoms with Crippen LogP contribution in [0.15, 0.2) is 59.8 Å². The van der Waals surface area contributed by atoms with E-state index in [-0.39, 0.29) is 19.1 Å². The number of hydrogen-bond donors (Lipinski definition) is 2. The van der Waals surface area contributed by atoms with Gasteiger partial charge in [-0.05, 0) is 44.5 Å². The van der Waals surface area contributed by atoms with Crippen LogP contribution in [0.1, 0.15) is 31.0 Å². The summed E-state index contributed by atoms with van der Waals surface area (Å²) < 4.78 is 7.57. The van der Waals surface area contributed by atoms with Crippen LogP contribution in [0.4, 0.5) is 0 Å². The maximum Gasteiger partial charge on any atom is 0.259 e. The third-order valence-corrected chi connectivity index (χ3v) is 4.53. The molecule has 7 heteroatoms. The van der Waals surface area contributed by atoms with Crippen molar-refractivity contribution in [3.8, 4) is 5.75 Å². The minimum Gasteiger partial charge on any atom is -0.484 e. The molecule has 2 N–H and O–H groups in total. The molecule has 156 valence electrons. The van der Waals surface area contributed by atoms with Crippen molar-refractivity contribution >= 4 is 28.9 Å². The number of aryl methyl sites for hydroxylation is 1. The molecule has 2 amide bonds. The van der Waals surface area contributed by atoms with E-state index < -0.39 is 5.91 Å². The first-order valence-corrected chi connectivity index (χ1v) is 9.81. The normalized spacial score (nSPS) is 11.2. The number of amides is 2. The van der Waals surface area contributed by atoms with E-state index in [0.717, 1.165) is 22.0 Å². The van der Waals surface area contributed by atoms with E-state index in [1.54, 1.807) is 12.3 Å². The highest BCUT2D eigenvalue weighted by atomic mass is 16.5. The average molecular weight is 406 g/mol. The highest BCUT2D eigenvalue weighted by Crippen LogP contribution is 2.23. The molecule has 0 fully saturated rings. The second-order valence-corrected chi connectivity index (χ2v) is 7.28. The van der Waals surface area contributed by atoms with E-state index >= 15 is 0 Å². The number of hydrazone groups is 1. The number of carbonyl (C=O) groups is 2. The summed E-state index contributed by atoms with van der Waals surface area (Å²) >= 11 is 0. The van der Waals surface area contributed by atoms with Crippen LogP contribution in [0.2, 0.25) is 0 Å². The Balaban J connectivity index is 1.48. The second-order valence-electron chi connectivity index (χ2n) is 7.28. The minimum atomic E-state index is -0.414. The number of para-hydroxylation sites is 1. The number of rotatable bonds is 8. The average Bonchev–Trinajstić information content (AvgIpc) is 3.10. The summed E-state index contributed by atoms with van der Waals surface area (Å²) in [6, 6.07) is 15.8. The Hall–Kier alpha value is -3.61. The van der Waals surface area contributed by atoms with Gasteiger partial charge in [0.2, 0.25) is 0 Å². The Labute approximate surface area is 175 Å². The van der Waals surface area contributed by atoms with E-state index in [2.05, 4.69) is 40.3 Å². The lowest BCUT2D eigenvalue weighted by molar-refractivity contribution is -0.127. The molecule has 0 aliphatic rings. The fraction of sp³-hybridized carbons (Fsp3) is 0.261. The molecule has 0 aliphatic heterocycles. The SMILES string of the molecule is Cc1cccc(OCC(=O)NCC(=O)N/N=C\c2cn(C(C)C)c3ccccc23)c1. The van der Waals surface area contributed by atoms with Gasteiger partial charge in [0.1, 0.15) is 5.75 Å². The molecule has 0 radical (unpaired) electrons. The molecule has 3 aromatic rings. The van der Waals surface area contributed by atoms with Gasteiger partial charge < -0.3 is 14.6 Å². The van der Waals surface area contributed by atoms with Crippen LogP contribution in [-0.4, -0.2) is 35.7 Å². The van der Waals surface area contributed by atoms with Crippen LogP contribution < -0.4 is 15.5 Å². The number of ether oxygens (including phenoxy) is 1. The highest BCUT2D eigenvalue weighted by molar-refractivity contribution is 5.99. The molecular weight excluding hydrogens is 380 g/mol. The lowest BCUT2D eigenvalue weighted by Gasteiger charge is -2.08. The summed E-state index contributed by atoms with van der Waals surface area (Å²) in [5.74, 6) is -0.182. The summed E-state index contributed by atoms with van der Waals surface area (Å²) in [6.45, 7) is 5.83. The van der Waals surface area contributed by atoms with Gasteiger partial charge in [0, 0.05) is 28.7 Å². The summed E-state index contributed by atoms with van der Waals surface area (Å²) in [7, 11) is 0. The van der Waals surface area contributed by atoms with E-state index in [1.165, 1.54) is 0 Å². The first kappa shape index (κ1) is 21.1. The third kappa shape index (κ3) is 5.47. The lowest BCUT2D eigenvalue weighted by Crippen LogP contribution is -2.37. The molecular formula is C23H26N4O3. The summed E-state index contributed by atoms with van der Waals surface area (Å²) in [6.07, 6.45) is 3.62. The van der Waals surface area contributed by atoms with Crippen LogP contribution in [-0.2, 0) is 9.59 Å². The number of nitrogens with one attached hydrogen (secondary N) is 2.